The first kappa shape index (κ1) is 12.2. The molecule has 5 heteroatoms. The summed E-state index contributed by atoms with van der Waals surface area (Å²) in [7, 11) is 0. The molecule has 0 saturated heterocycles. The van der Waals surface area contributed by atoms with Crippen molar-refractivity contribution in [2.24, 2.45) is 0 Å². The van der Waals surface area contributed by atoms with Gasteiger partial charge in [-0.15, -0.1) is 0 Å². The quantitative estimate of drug-likeness (QED) is 0.903. The van der Waals surface area contributed by atoms with E-state index in [4.69, 9.17) is 9.26 Å². The molecule has 2 rings (SSSR count). The van der Waals surface area contributed by atoms with Gasteiger partial charge in [-0.25, -0.2) is 4.79 Å². The summed E-state index contributed by atoms with van der Waals surface area (Å²) in [5.41, 5.74) is 1.65. The van der Waals surface area contributed by atoms with Crippen molar-refractivity contribution in [1.82, 2.24) is 5.16 Å². The number of nitrogens with one attached hydrogen (secondary N) is 1. The molecule has 1 aromatic heterocycles. The third-order valence-electron chi connectivity index (χ3n) is 2.52. The Morgan fingerprint density at radius 1 is 1.39 bits per heavy atom. The summed E-state index contributed by atoms with van der Waals surface area (Å²) in [6.07, 6.45) is 0.160. The molecular formula is C13H14N2O3. The highest BCUT2D eigenvalue weighted by Crippen LogP contribution is 2.19. The van der Waals surface area contributed by atoms with E-state index >= 15 is 0 Å². The second-order valence-electron chi connectivity index (χ2n) is 3.76. The lowest BCUT2D eigenvalue weighted by atomic mass is 10.2. The Morgan fingerprint density at radius 3 is 2.72 bits per heavy atom. The number of hydrogen-bond donors (Lipinski definition) is 1. The predicted octanol–water partition coefficient (Wildman–Crippen LogP) is 3.16. The highest BCUT2D eigenvalue weighted by atomic mass is 16.6. The Balaban J connectivity index is 2.01. The summed E-state index contributed by atoms with van der Waals surface area (Å²) in [5, 5.41) is 6.37. The second kappa shape index (κ2) is 5.35. The van der Waals surface area contributed by atoms with E-state index in [2.05, 4.69) is 10.5 Å². The fraction of sp³-hybridized carbons (Fsp3) is 0.231. The molecule has 94 valence electrons. The minimum absolute atomic E-state index is 0.327. The van der Waals surface area contributed by atoms with E-state index in [9.17, 15) is 4.79 Å². The van der Waals surface area contributed by atoms with Gasteiger partial charge in [0, 0.05) is 5.56 Å². The lowest BCUT2D eigenvalue weighted by Gasteiger charge is -2.04. The molecular weight excluding hydrogens is 232 g/mol. The van der Waals surface area contributed by atoms with Crippen molar-refractivity contribution in [2.75, 3.05) is 5.32 Å². The third-order valence-corrected chi connectivity index (χ3v) is 2.52. The van der Waals surface area contributed by atoms with Crippen LogP contribution >= 0.6 is 0 Å². The SMILES string of the molecule is CCc1noc(NC(=O)Oc2ccccc2)c1C. The van der Waals surface area contributed by atoms with Crippen LogP contribution in [0.3, 0.4) is 0 Å². The van der Waals surface area contributed by atoms with Gasteiger partial charge in [0.15, 0.2) is 0 Å². The molecule has 18 heavy (non-hydrogen) atoms. The Morgan fingerprint density at radius 2 is 2.11 bits per heavy atom. The summed E-state index contributed by atoms with van der Waals surface area (Å²) in [4.78, 5) is 11.6. The molecule has 1 heterocycles. The molecule has 0 fully saturated rings. The number of hydrogen-bond acceptors (Lipinski definition) is 4. The van der Waals surface area contributed by atoms with Crippen molar-refractivity contribution in [3.05, 3.63) is 41.6 Å². The van der Waals surface area contributed by atoms with E-state index < -0.39 is 6.09 Å². The van der Waals surface area contributed by atoms with Gasteiger partial charge >= 0.3 is 6.09 Å². The largest absolute Gasteiger partial charge is 0.419 e. The van der Waals surface area contributed by atoms with E-state index in [-0.39, 0.29) is 0 Å². The lowest BCUT2D eigenvalue weighted by Crippen LogP contribution is -2.16. The fourth-order valence-corrected chi connectivity index (χ4v) is 1.53. The van der Waals surface area contributed by atoms with Gasteiger partial charge < -0.3 is 9.26 Å². The lowest BCUT2D eigenvalue weighted by molar-refractivity contribution is 0.214. The molecule has 0 saturated carbocycles. The van der Waals surface area contributed by atoms with Crippen LogP contribution in [0.2, 0.25) is 0 Å². The number of anilines is 1. The third kappa shape index (κ3) is 2.68. The molecule has 1 N–H and O–H groups in total. The summed E-state index contributed by atoms with van der Waals surface area (Å²) in [6, 6.07) is 8.82. The summed E-state index contributed by atoms with van der Waals surface area (Å²) in [5.74, 6) is 0.802. The van der Waals surface area contributed by atoms with Crippen LogP contribution in [0.25, 0.3) is 0 Å². The Hall–Kier alpha value is -2.30. The average molecular weight is 246 g/mol. The van der Waals surface area contributed by atoms with E-state index in [0.29, 0.717) is 11.6 Å². The number of carbonyl (C=O) groups excluding carboxylic acids is 1. The molecule has 2 aromatic rings. The molecule has 5 nitrogen and oxygen atoms in total. The number of ether oxygens (including phenoxy) is 1. The first-order valence-corrected chi connectivity index (χ1v) is 5.69. The summed E-state index contributed by atoms with van der Waals surface area (Å²) < 4.78 is 10.1. The number of aryl methyl sites for hydroxylation is 1. The minimum atomic E-state index is -0.594. The van der Waals surface area contributed by atoms with E-state index in [1.54, 1.807) is 24.3 Å². The standard InChI is InChI=1S/C13H14N2O3/c1-3-11-9(2)12(18-15-11)14-13(16)17-10-7-5-4-6-8-10/h4-8H,3H2,1-2H3,(H,14,16). The van der Waals surface area contributed by atoms with E-state index in [0.717, 1.165) is 17.7 Å². The Kier molecular flexibility index (Phi) is 3.62. The second-order valence-corrected chi connectivity index (χ2v) is 3.76. The Labute approximate surface area is 105 Å². The number of carbonyl (C=O) groups is 1. The number of rotatable bonds is 3. The maximum Gasteiger partial charge on any atom is 0.419 e. The fourth-order valence-electron chi connectivity index (χ4n) is 1.53. The maximum absolute atomic E-state index is 11.6. The molecule has 0 aliphatic rings. The van der Waals surface area contributed by atoms with Crippen molar-refractivity contribution >= 4 is 12.0 Å². The van der Waals surface area contributed by atoms with Crippen molar-refractivity contribution < 1.29 is 14.1 Å². The molecule has 0 spiro atoms. The van der Waals surface area contributed by atoms with Gasteiger partial charge in [-0.1, -0.05) is 30.3 Å². The van der Waals surface area contributed by atoms with Crippen LogP contribution in [0.4, 0.5) is 10.7 Å². The van der Waals surface area contributed by atoms with Crippen molar-refractivity contribution in [2.45, 2.75) is 20.3 Å². The predicted molar refractivity (Wildman–Crippen MR) is 66.7 cm³/mol. The maximum atomic E-state index is 11.6. The molecule has 0 bridgehead atoms. The van der Waals surface area contributed by atoms with Crippen molar-refractivity contribution in [3.63, 3.8) is 0 Å². The van der Waals surface area contributed by atoms with Crippen LogP contribution in [-0.4, -0.2) is 11.2 Å². The topological polar surface area (TPSA) is 64.4 Å². The zero-order valence-electron chi connectivity index (χ0n) is 10.3. The van der Waals surface area contributed by atoms with Gasteiger partial charge in [-0.3, -0.25) is 5.32 Å². The molecule has 0 radical (unpaired) electrons. The van der Waals surface area contributed by atoms with Gasteiger partial charge in [0.2, 0.25) is 5.88 Å². The average Bonchev–Trinajstić information content (AvgIpc) is 2.71. The van der Waals surface area contributed by atoms with Crippen LogP contribution in [-0.2, 0) is 6.42 Å². The van der Waals surface area contributed by atoms with Gasteiger partial charge in [0.25, 0.3) is 0 Å². The van der Waals surface area contributed by atoms with Crippen LogP contribution in [0, 0.1) is 6.92 Å². The van der Waals surface area contributed by atoms with E-state index in [1.165, 1.54) is 0 Å². The van der Waals surface area contributed by atoms with E-state index in [1.807, 2.05) is 19.9 Å². The molecule has 1 amide bonds. The monoisotopic (exact) mass is 246 g/mol. The minimum Gasteiger partial charge on any atom is -0.410 e. The first-order valence-electron chi connectivity index (χ1n) is 5.69. The first-order chi connectivity index (χ1) is 8.70. The number of nitrogens with zero attached hydrogens (tertiary/aromatic N) is 1. The molecule has 0 aliphatic heterocycles. The zero-order chi connectivity index (χ0) is 13.0. The van der Waals surface area contributed by atoms with Crippen LogP contribution in [0.5, 0.6) is 5.75 Å². The number of benzene rings is 1. The molecule has 0 unspecified atom stereocenters. The smallest absolute Gasteiger partial charge is 0.410 e. The van der Waals surface area contributed by atoms with Gasteiger partial charge in [-0.2, -0.15) is 0 Å². The van der Waals surface area contributed by atoms with Crippen LogP contribution in [0.1, 0.15) is 18.2 Å². The highest BCUT2D eigenvalue weighted by Gasteiger charge is 2.14. The number of amides is 1. The van der Waals surface area contributed by atoms with Gasteiger partial charge in [0.05, 0.1) is 5.69 Å². The highest BCUT2D eigenvalue weighted by molar-refractivity contribution is 5.85. The molecule has 0 aliphatic carbocycles. The number of para-hydroxylation sites is 1. The summed E-state index contributed by atoms with van der Waals surface area (Å²) >= 11 is 0. The molecule has 1 aromatic carbocycles. The van der Waals surface area contributed by atoms with Crippen molar-refractivity contribution in [3.8, 4) is 5.75 Å². The van der Waals surface area contributed by atoms with Crippen molar-refractivity contribution in [1.29, 1.82) is 0 Å². The number of aromatic nitrogens is 1. The van der Waals surface area contributed by atoms with Crippen LogP contribution < -0.4 is 10.1 Å². The van der Waals surface area contributed by atoms with Crippen LogP contribution in [0.15, 0.2) is 34.9 Å². The van der Waals surface area contributed by atoms with Gasteiger partial charge in [-0.05, 0) is 25.5 Å². The summed E-state index contributed by atoms with van der Waals surface area (Å²) in [6.45, 7) is 3.81. The van der Waals surface area contributed by atoms with Gasteiger partial charge in [0.1, 0.15) is 5.75 Å². The Bertz CT molecular complexity index is 534. The zero-order valence-corrected chi connectivity index (χ0v) is 10.3. The molecule has 0 atom stereocenters. The normalized spacial score (nSPS) is 10.1.